The van der Waals surface area contributed by atoms with Crippen LogP contribution in [0.5, 0.6) is 0 Å². The van der Waals surface area contributed by atoms with Crippen molar-refractivity contribution in [3.8, 4) is 0 Å². The molecular formula is C18H20N2O2S. The predicted octanol–water partition coefficient (Wildman–Crippen LogP) is 3.87. The van der Waals surface area contributed by atoms with Crippen LogP contribution in [0.3, 0.4) is 0 Å². The fraction of sp³-hybridized carbons (Fsp3) is 0.333. The molecule has 0 saturated carbocycles. The molecule has 1 atom stereocenters. The molecule has 0 radical (unpaired) electrons. The maximum atomic E-state index is 12.6. The minimum Gasteiger partial charge on any atom is -0.338 e. The fourth-order valence-electron chi connectivity index (χ4n) is 2.89. The van der Waals surface area contributed by atoms with Crippen LogP contribution in [0.15, 0.2) is 41.8 Å². The third kappa shape index (κ3) is 3.79. The second-order valence-corrected chi connectivity index (χ2v) is 6.96. The number of thiophene rings is 1. The van der Waals surface area contributed by atoms with E-state index in [1.54, 1.807) is 18.2 Å². The highest BCUT2D eigenvalue weighted by Crippen LogP contribution is 2.20. The molecule has 0 spiro atoms. The van der Waals surface area contributed by atoms with Gasteiger partial charge in [0.1, 0.15) is 0 Å². The number of hydrogen-bond acceptors (Lipinski definition) is 3. The summed E-state index contributed by atoms with van der Waals surface area (Å²) in [5.41, 5.74) is 1.28. The van der Waals surface area contributed by atoms with E-state index in [0.29, 0.717) is 22.0 Å². The van der Waals surface area contributed by atoms with Gasteiger partial charge in [0.2, 0.25) is 0 Å². The third-order valence-electron chi connectivity index (χ3n) is 4.06. The number of anilines is 1. The van der Waals surface area contributed by atoms with Crippen molar-refractivity contribution in [1.82, 2.24) is 4.90 Å². The van der Waals surface area contributed by atoms with Gasteiger partial charge in [-0.3, -0.25) is 9.59 Å². The number of carbonyl (C=O) groups excluding carboxylic acids is 2. The summed E-state index contributed by atoms with van der Waals surface area (Å²) in [7, 11) is 0. The lowest BCUT2D eigenvalue weighted by atomic mass is 9.99. The Hall–Kier alpha value is -2.14. The Morgan fingerprint density at radius 2 is 2.13 bits per heavy atom. The van der Waals surface area contributed by atoms with E-state index in [4.69, 9.17) is 0 Å². The molecule has 120 valence electrons. The molecule has 1 aromatic heterocycles. The topological polar surface area (TPSA) is 49.4 Å². The van der Waals surface area contributed by atoms with Crippen LogP contribution in [-0.4, -0.2) is 29.8 Å². The first-order chi connectivity index (χ1) is 11.1. The number of likely N-dealkylation sites (tertiary alicyclic amines) is 1. The minimum absolute atomic E-state index is 0.0452. The van der Waals surface area contributed by atoms with Gasteiger partial charge < -0.3 is 10.2 Å². The number of amides is 2. The summed E-state index contributed by atoms with van der Waals surface area (Å²) in [6.45, 7) is 3.80. The van der Waals surface area contributed by atoms with Gasteiger partial charge >= 0.3 is 0 Å². The fourth-order valence-corrected chi connectivity index (χ4v) is 3.51. The number of piperidine rings is 1. The second kappa shape index (κ2) is 6.96. The van der Waals surface area contributed by atoms with E-state index in [2.05, 4.69) is 12.2 Å². The first kappa shape index (κ1) is 15.7. The Bertz CT molecular complexity index is 697. The van der Waals surface area contributed by atoms with Gasteiger partial charge in [0.25, 0.3) is 11.8 Å². The lowest BCUT2D eigenvalue weighted by Crippen LogP contribution is -2.39. The summed E-state index contributed by atoms with van der Waals surface area (Å²) in [6, 6.07) is 10.8. The van der Waals surface area contributed by atoms with Crippen molar-refractivity contribution < 1.29 is 9.59 Å². The zero-order chi connectivity index (χ0) is 16.2. The van der Waals surface area contributed by atoms with Crippen molar-refractivity contribution in [3.05, 3.63) is 52.2 Å². The molecule has 1 aromatic carbocycles. The molecule has 23 heavy (non-hydrogen) atoms. The van der Waals surface area contributed by atoms with Gasteiger partial charge in [0.15, 0.2) is 0 Å². The molecular weight excluding hydrogens is 308 g/mol. The average molecular weight is 328 g/mol. The van der Waals surface area contributed by atoms with Crippen molar-refractivity contribution in [1.29, 1.82) is 0 Å². The molecule has 1 aliphatic heterocycles. The quantitative estimate of drug-likeness (QED) is 0.930. The van der Waals surface area contributed by atoms with E-state index in [-0.39, 0.29) is 11.8 Å². The lowest BCUT2D eigenvalue weighted by Gasteiger charge is -2.31. The molecule has 4 nitrogen and oxygen atoms in total. The number of hydrogen-bond donors (Lipinski definition) is 1. The van der Waals surface area contributed by atoms with Gasteiger partial charge in [-0.15, -0.1) is 11.3 Å². The van der Waals surface area contributed by atoms with E-state index in [9.17, 15) is 9.59 Å². The maximum Gasteiger partial charge on any atom is 0.265 e. The third-order valence-corrected chi connectivity index (χ3v) is 4.93. The van der Waals surface area contributed by atoms with Crippen LogP contribution in [0.1, 0.15) is 39.8 Å². The highest BCUT2D eigenvalue weighted by Gasteiger charge is 2.22. The highest BCUT2D eigenvalue weighted by atomic mass is 32.1. The lowest BCUT2D eigenvalue weighted by molar-refractivity contribution is 0.0683. The van der Waals surface area contributed by atoms with E-state index < -0.39 is 0 Å². The predicted molar refractivity (Wildman–Crippen MR) is 93.0 cm³/mol. The molecule has 0 aliphatic carbocycles. The zero-order valence-corrected chi connectivity index (χ0v) is 13.9. The number of nitrogens with zero attached hydrogens (tertiary/aromatic N) is 1. The van der Waals surface area contributed by atoms with E-state index in [0.717, 1.165) is 19.5 Å². The first-order valence-corrected chi connectivity index (χ1v) is 8.75. The standard InChI is InChI=1S/C18H20N2O2S/c1-13-5-3-9-20(12-13)18(22)14-6-2-7-15(11-14)19-17(21)16-8-4-10-23-16/h2,4,6-8,10-11,13H,3,5,9,12H2,1H3,(H,19,21). The molecule has 3 rings (SSSR count). The summed E-state index contributed by atoms with van der Waals surface area (Å²) in [6.07, 6.45) is 2.24. The number of rotatable bonds is 3. The van der Waals surface area contributed by atoms with Crippen LogP contribution >= 0.6 is 11.3 Å². The molecule has 1 fully saturated rings. The normalized spacial score (nSPS) is 17.8. The molecule has 1 unspecified atom stereocenters. The molecule has 2 amide bonds. The van der Waals surface area contributed by atoms with Gasteiger partial charge in [0, 0.05) is 24.3 Å². The monoisotopic (exact) mass is 328 g/mol. The highest BCUT2D eigenvalue weighted by molar-refractivity contribution is 7.12. The van der Waals surface area contributed by atoms with E-state index in [1.165, 1.54) is 17.8 Å². The summed E-state index contributed by atoms with van der Waals surface area (Å²) in [5.74, 6) is 0.453. The second-order valence-electron chi connectivity index (χ2n) is 6.01. The first-order valence-electron chi connectivity index (χ1n) is 7.87. The molecule has 1 saturated heterocycles. The van der Waals surface area contributed by atoms with Crippen LogP contribution in [-0.2, 0) is 0 Å². The van der Waals surface area contributed by atoms with Gasteiger partial charge in [-0.05, 0) is 48.4 Å². The molecule has 2 aromatic rings. The van der Waals surface area contributed by atoms with Crippen molar-refractivity contribution in [2.24, 2.45) is 5.92 Å². The van der Waals surface area contributed by atoms with Gasteiger partial charge in [0.05, 0.1) is 4.88 Å². The van der Waals surface area contributed by atoms with Crippen molar-refractivity contribution in [2.45, 2.75) is 19.8 Å². The van der Waals surface area contributed by atoms with Crippen molar-refractivity contribution in [2.75, 3.05) is 18.4 Å². The van der Waals surface area contributed by atoms with Crippen molar-refractivity contribution >= 4 is 28.8 Å². The average Bonchev–Trinajstić information content (AvgIpc) is 3.09. The smallest absolute Gasteiger partial charge is 0.265 e. The SMILES string of the molecule is CC1CCCN(C(=O)c2cccc(NC(=O)c3cccs3)c2)C1. The van der Waals surface area contributed by atoms with E-state index in [1.807, 2.05) is 28.5 Å². The Labute approximate surface area is 140 Å². The van der Waals surface area contributed by atoms with Crippen LogP contribution < -0.4 is 5.32 Å². The Balaban J connectivity index is 1.72. The summed E-state index contributed by atoms with van der Waals surface area (Å²) >= 11 is 1.40. The number of benzene rings is 1. The Kier molecular flexibility index (Phi) is 4.76. The number of carbonyl (C=O) groups is 2. The summed E-state index contributed by atoms with van der Waals surface area (Å²) < 4.78 is 0. The van der Waals surface area contributed by atoms with Gasteiger partial charge in [-0.25, -0.2) is 0 Å². The van der Waals surface area contributed by atoms with Crippen molar-refractivity contribution in [3.63, 3.8) is 0 Å². The Morgan fingerprint density at radius 1 is 1.26 bits per heavy atom. The van der Waals surface area contributed by atoms with Gasteiger partial charge in [-0.2, -0.15) is 0 Å². The summed E-state index contributed by atoms with van der Waals surface area (Å²) in [5, 5.41) is 4.72. The molecule has 5 heteroatoms. The van der Waals surface area contributed by atoms with Gasteiger partial charge in [-0.1, -0.05) is 19.1 Å². The minimum atomic E-state index is -0.142. The van der Waals surface area contributed by atoms with Crippen LogP contribution in [0, 0.1) is 5.92 Å². The molecule has 0 bridgehead atoms. The maximum absolute atomic E-state index is 12.6. The van der Waals surface area contributed by atoms with E-state index >= 15 is 0 Å². The molecule has 1 N–H and O–H groups in total. The van der Waals surface area contributed by atoms with Crippen LogP contribution in [0.4, 0.5) is 5.69 Å². The number of nitrogens with one attached hydrogen (secondary N) is 1. The molecule has 1 aliphatic rings. The Morgan fingerprint density at radius 3 is 2.87 bits per heavy atom. The molecule has 2 heterocycles. The zero-order valence-electron chi connectivity index (χ0n) is 13.1. The largest absolute Gasteiger partial charge is 0.338 e. The van der Waals surface area contributed by atoms with Crippen LogP contribution in [0.2, 0.25) is 0 Å². The summed E-state index contributed by atoms with van der Waals surface area (Å²) in [4.78, 5) is 27.3. The van der Waals surface area contributed by atoms with Crippen LogP contribution in [0.25, 0.3) is 0 Å².